The summed E-state index contributed by atoms with van der Waals surface area (Å²) in [6.07, 6.45) is -0.856. The van der Waals surface area contributed by atoms with Crippen molar-refractivity contribution in [1.82, 2.24) is 0 Å². The van der Waals surface area contributed by atoms with E-state index in [4.69, 9.17) is 9.84 Å². The van der Waals surface area contributed by atoms with Gasteiger partial charge in [-0.2, -0.15) is 0 Å². The first kappa shape index (κ1) is 15.4. The molecule has 0 radical (unpaired) electrons. The van der Waals surface area contributed by atoms with E-state index in [0.717, 1.165) is 0 Å². The smallest absolute Gasteiger partial charge is 0.412 e. The van der Waals surface area contributed by atoms with Gasteiger partial charge in [0, 0.05) is 4.47 Å². The molecule has 1 amide bonds. The molecule has 104 valence electrons. The van der Waals surface area contributed by atoms with Crippen molar-refractivity contribution >= 4 is 33.7 Å². The van der Waals surface area contributed by atoms with Crippen LogP contribution in [0, 0.1) is 5.82 Å². The van der Waals surface area contributed by atoms with E-state index < -0.39 is 29.0 Å². The molecule has 0 aliphatic heterocycles. The number of nitrogens with one attached hydrogen (secondary N) is 1. The number of carboxylic acid groups (broad SMARTS) is 1. The van der Waals surface area contributed by atoms with Gasteiger partial charge in [0.05, 0.1) is 5.69 Å². The lowest BCUT2D eigenvalue weighted by Crippen LogP contribution is -2.27. The average Bonchev–Trinajstić information content (AvgIpc) is 2.19. The van der Waals surface area contributed by atoms with Gasteiger partial charge in [-0.25, -0.2) is 14.0 Å². The Bertz CT molecular complexity index is 525. The van der Waals surface area contributed by atoms with Gasteiger partial charge < -0.3 is 9.84 Å². The number of anilines is 1. The van der Waals surface area contributed by atoms with E-state index in [1.165, 1.54) is 12.1 Å². The van der Waals surface area contributed by atoms with E-state index in [1.54, 1.807) is 20.8 Å². The maximum Gasteiger partial charge on any atom is 0.412 e. The summed E-state index contributed by atoms with van der Waals surface area (Å²) >= 11 is 2.93. The van der Waals surface area contributed by atoms with E-state index in [1.807, 2.05) is 0 Å². The van der Waals surface area contributed by atoms with Crippen LogP contribution in [0.1, 0.15) is 31.1 Å². The Balaban J connectivity index is 3.01. The van der Waals surface area contributed by atoms with Crippen LogP contribution in [0.4, 0.5) is 14.9 Å². The second-order valence-corrected chi connectivity index (χ2v) is 5.57. The van der Waals surface area contributed by atoms with Crippen LogP contribution in [0.3, 0.4) is 0 Å². The van der Waals surface area contributed by atoms with Crippen molar-refractivity contribution in [2.75, 3.05) is 5.32 Å². The summed E-state index contributed by atoms with van der Waals surface area (Å²) in [5, 5.41) is 11.0. The van der Waals surface area contributed by atoms with Gasteiger partial charge in [-0.15, -0.1) is 0 Å². The summed E-state index contributed by atoms with van der Waals surface area (Å²) in [5.41, 5.74) is -1.53. The molecule has 0 bridgehead atoms. The fourth-order valence-corrected chi connectivity index (χ4v) is 1.73. The van der Waals surface area contributed by atoms with Crippen molar-refractivity contribution in [3.05, 3.63) is 28.0 Å². The van der Waals surface area contributed by atoms with Crippen LogP contribution in [-0.2, 0) is 4.74 Å². The van der Waals surface area contributed by atoms with Crippen LogP contribution in [0.25, 0.3) is 0 Å². The Morgan fingerprint density at radius 3 is 2.42 bits per heavy atom. The number of hydrogen-bond acceptors (Lipinski definition) is 3. The molecule has 0 saturated carbocycles. The predicted octanol–water partition coefficient (Wildman–Crippen LogP) is 3.63. The topological polar surface area (TPSA) is 75.6 Å². The highest BCUT2D eigenvalue weighted by Crippen LogP contribution is 2.26. The number of amides is 1. The van der Waals surface area contributed by atoms with E-state index in [0.29, 0.717) is 0 Å². The number of carbonyl (C=O) groups excluding carboxylic acids is 1. The molecule has 5 nitrogen and oxygen atoms in total. The molecule has 0 aliphatic rings. The molecular weight excluding hydrogens is 321 g/mol. The maximum absolute atomic E-state index is 13.9. The zero-order chi connectivity index (χ0) is 14.8. The molecule has 0 spiro atoms. The number of ether oxygens (including phenoxy) is 1. The minimum atomic E-state index is -1.43. The largest absolute Gasteiger partial charge is 0.478 e. The first-order valence-corrected chi connectivity index (χ1v) is 6.12. The van der Waals surface area contributed by atoms with Crippen LogP contribution < -0.4 is 5.32 Å². The normalized spacial score (nSPS) is 11.0. The molecule has 0 atom stereocenters. The van der Waals surface area contributed by atoms with Gasteiger partial charge in [-0.05, 0) is 48.8 Å². The molecule has 0 heterocycles. The lowest BCUT2D eigenvalue weighted by atomic mass is 10.2. The molecule has 2 N–H and O–H groups in total. The van der Waals surface area contributed by atoms with Crippen molar-refractivity contribution in [1.29, 1.82) is 0 Å². The van der Waals surface area contributed by atoms with Crippen LogP contribution in [-0.4, -0.2) is 22.8 Å². The zero-order valence-electron chi connectivity index (χ0n) is 10.6. The maximum atomic E-state index is 13.9. The van der Waals surface area contributed by atoms with E-state index in [-0.39, 0.29) is 10.2 Å². The summed E-state index contributed by atoms with van der Waals surface area (Å²) in [6.45, 7) is 4.98. The van der Waals surface area contributed by atoms with Crippen LogP contribution in [0.5, 0.6) is 0 Å². The molecule has 1 aromatic carbocycles. The Morgan fingerprint density at radius 1 is 1.37 bits per heavy atom. The number of carbonyl (C=O) groups is 2. The van der Waals surface area contributed by atoms with Gasteiger partial charge in [0.2, 0.25) is 0 Å². The van der Waals surface area contributed by atoms with Gasteiger partial charge in [0.1, 0.15) is 11.2 Å². The first-order chi connectivity index (χ1) is 8.61. The molecule has 0 aromatic heterocycles. The third-order valence-electron chi connectivity index (χ3n) is 1.94. The molecular formula is C12H13BrFNO4. The van der Waals surface area contributed by atoms with Crippen molar-refractivity contribution in [2.24, 2.45) is 0 Å². The Morgan fingerprint density at radius 2 is 1.95 bits per heavy atom. The minimum absolute atomic E-state index is 0.0900. The number of benzene rings is 1. The van der Waals surface area contributed by atoms with Crippen LogP contribution >= 0.6 is 15.9 Å². The SMILES string of the molecule is CC(C)(C)OC(=O)Nc1ccc(Br)c(C(=O)O)c1F. The average molecular weight is 334 g/mol. The summed E-state index contributed by atoms with van der Waals surface area (Å²) in [6, 6.07) is 2.58. The monoisotopic (exact) mass is 333 g/mol. The third kappa shape index (κ3) is 4.20. The second-order valence-electron chi connectivity index (χ2n) is 4.72. The summed E-state index contributed by atoms with van der Waals surface area (Å²) < 4.78 is 18.9. The highest BCUT2D eigenvalue weighted by molar-refractivity contribution is 9.10. The lowest BCUT2D eigenvalue weighted by Gasteiger charge is -2.20. The molecule has 0 aliphatic carbocycles. The molecule has 1 rings (SSSR count). The van der Waals surface area contributed by atoms with Crippen molar-refractivity contribution in [3.8, 4) is 0 Å². The number of hydrogen-bond donors (Lipinski definition) is 2. The lowest BCUT2D eigenvalue weighted by molar-refractivity contribution is 0.0631. The van der Waals surface area contributed by atoms with Crippen molar-refractivity contribution in [3.63, 3.8) is 0 Å². The molecule has 7 heteroatoms. The number of aromatic carboxylic acids is 1. The second kappa shape index (κ2) is 5.56. The molecule has 0 saturated heterocycles. The van der Waals surface area contributed by atoms with E-state index >= 15 is 0 Å². The van der Waals surface area contributed by atoms with E-state index in [9.17, 15) is 14.0 Å². The Hall–Kier alpha value is -1.63. The quantitative estimate of drug-likeness (QED) is 0.866. The standard InChI is InChI=1S/C12H13BrFNO4/c1-12(2,3)19-11(18)15-7-5-4-6(13)8(9(7)14)10(16)17/h4-5H,1-3H3,(H,15,18)(H,16,17). The van der Waals surface area contributed by atoms with Gasteiger partial charge in [0.15, 0.2) is 5.82 Å². The third-order valence-corrected chi connectivity index (χ3v) is 2.60. The predicted molar refractivity (Wildman–Crippen MR) is 70.9 cm³/mol. The molecule has 0 fully saturated rings. The zero-order valence-corrected chi connectivity index (χ0v) is 12.2. The van der Waals surface area contributed by atoms with Gasteiger partial charge in [-0.1, -0.05) is 0 Å². The van der Waals surface area contributed by atoms with Crippen molar-refractivity contribution in [2.45, 2.75) is 26.4 Å². The molecule has 0 unspecified atom stereocenters. The van der Waals surface area contributed by atoms with Gasteiger partial charge in [0.25, 0.3) is 0 Å². The minimum Gasteiger partial charge on any atom is -0.478 e. The first-order valence-electron chi connectivity index (χ1n) is 5.33. The summed E-state index contributed by atoms with van der Waals surface area (Å²) in [7, 11) is 0. The summed E-state index contributed by atoms with van der Waals surface area (Å²) in [4.78, 5) is 22.4. The van der Waals surface area contributed by atoms with Crippen LogP contribution in [0.2, 0.25) is 0 Å². The molecule has 1 aromatic rings. The van der Waals surface area contributed by atoms with Gasteiger partial charge >= 0.3 is 12.1 Å². The number of rotatable bonds is 2. The van der Waals surface area contributed by atoms with Crippen LogP contribution in [0.15, 0.2) is 16.6 Å². The Kier molecular flexibility index (Phi) is 4.52. The fraction of sp³-hybridized carbons (Fsp3) is 0.333. The highest BCUT2D eigenvalue weighted by Gasteiger charge is 2.21. The van der Waals surface area contributed by atoms with Crippen molar-refractivity contribution < 1.29 is 23.8 Å². The number of halogens is 2. The highest BCUT2D eigenvalue weighted by atomic mass is 79.9. The fourth-order valence-electron chi connectivity index (χ4n) is 1.26. The number of carboxylic acids is 1. The summed E-state index contributed by atoms with van der Waals surface area (Å²) in [5.74, 6) is -2.47. The Labute approximate surface area is 117 Å². The van der Waals surface area contributed by atoms with Gasteiger partial charge in [-0.3, -0.25) is 5.32 Å². The molecule has 19 heavy (non-hydrogen) atoms. The van der Waals surface area contributed by atoms with E-state index in [2.05, 4.69) is 21.2 Å².